The van der Waals surface area contributed by atoms with Gasteiger partial charge in [0, 0.05) is 45.0 Å². The van der Waals surface area contributed by atoms with E-state index in [0.717, 1.165) is 44.0 Å². The largest absolute Gasteiger partial charge is 0.363 e. The molecule has 0 bridgehead atoms. The molecule has 1 aromatic carbocycles. The maximum absolute atomic E-state index is 11.3. The molecule has 0 radical (unpaired) electrons. The van der Waals surface area contributed by atoms with Crippen molar-refractivity contribution in [3.8, 4) is 0 Å². The molecule has 1 saturated heterocycles. The second-order valence-corrected chi connectivity index (χ2v) is 6.42. The Hall–Kier alpha value is -2.18. The lowest BCUT2D eigenvalue weighted by atomic mass is 10.1. The molecule has 1 aliphatic heterocycles. The molecule has 0 amide bonds. The van der Waals surface area contributed by atoms with Gasteiger partial charge in [-0.2, -0.15) is 0 Å². The maximum atomic E-state index is 11.3. The van der Waals surface area contributed by atoms with Crippen LogP contribution in [0, 0.1) is 17.0 Å². The highest BCUT2D eigenvalue weighted by Crippen LogP contribution is 2.30. The zero-order chi connectivity index (χ0) is 17.1. The zero-order valence-electron chi connectivity index (χ0n) is 13.5. The number of aryl methyl sites for hydroxylation is 1. The van der Waals surface area contributed by atoms with Crippen LogP contribution in [-0.2, 0) is 6.54 Å². The number of hydrogen-bond acceptors (Lipinski definition) is 5. The third kappa shape index (κ3) is 3.83. The van der Waals surface area contributed by atoms with Crippen LogP contribution in [0.5, 0.6) is 0 Å². The molecule has 1 aromatic heterocycles. The van der Waals surface area contributed by atoms with E-state index in [2.05, 4.69) is 14.8 Å². The summed E-state index contributed by atoms with van der Waals surface area (Å²) in [6.45, 7) is 5.84. The van der Waals surface area contributed by atoms with Gasteiger partial charge in [0.15, 0.2) is 0 Å². The number of aromatic nitrogens is 1. The van der Waals surface area contributed by atoms with Crippen LogP contribution in [0.15, 0.2) is 36.5 Å². The van der Waals surface area contributed by atoms with Crippen molar-refractivity contribution < 1.29 is 4.92 Å². The van der Waals surface area contributed by atoms with E-state index in [1.165, 1.54) is 0 Å². The van der Waals surface area contributed by atoms with Gasteiger partial charge in [-0.1, -0.05) is 17.7 Å². The van der Waals surface area contributed by atoms with Crippen molar-refractivity contribution >= 4 is 23.0 Å². The summed E-state index contributed by atoms with van der Waals surface area (Å²) in [5, 5.41) is 11.9. The number of nitro benzene ring substituents is 1. The first-order chi connectivity index (χ1) is 11.5. The minimum atomic E-state index is -0.299. The standard InChI is InChI=1S/C17H19ClN4O2/c1-13-2-5-16(17(10-13)22(23)24)21-8-6-20(7-9-21)12-15-4-3-14(18)11-19-15/h2-5,10-11H,6-9,12H2,1H3. The fraction of sp³-hybridized carbons (Fsp3) is 0.353. The molecule has 6 nitrogen and oxygen atoms in total. The van der Waals surface area contributed by atoms with E-state index >= 15 is 0 Å². The summed E-state index contributed by atoms with van der Waals surface area (Å²) in [6.07, 6.45) is 1.66. The van der Waals surface area contributed by atoms with Crippen LogP contribution in [0.1, 0.15) is 11.3 Å². The maximum Gasteiger partial charge on any atom is 0.292 e. The van der Waals surface area contributed by atoms with Gasteiger partial charge < -0.3 is 4.90 Å². The molecule has 0 aliphatic carbocycles. The Kier molecular flexibility index (Phi) is 4.97. The first-order valence-electron chi connectivity index (χ1n) is 7.86. The third-order valence-corrected chi connectivity index (χ3v) is 4.44. The van der Waals surface area contributed by atoms with Crippen molar-refractivity contribution in [3.05, 3.63) is 62.9 Å². The summed E-state index contributed by atoms with van der Waals surface area (Å²) in [5.74, 6) is 0. The van der Waals surface area contributed by atoms with Gasteiger partial charge in [0.2, 0.25) is 0 Å². The van der Waals surface area contributed by atoms with Gasteiger partial charge in [0.1, 0.15) is 5.69 Å². The van der Waals surface area contributed by atoms with E-state index < -0.39 is 0 Å². The van der Waals surface area contributed by atoms with E-state index in [-0.39, 0.29) is 10.6 Å². The minimum Gasteiger partial charge on any atom is -0.363 e. The van der Waals surface area contributed by atoms with E-state index in [1.807, 2.05) is 31.2 Å². The van der Waals surface area contributed by atoms with Gasteiger partial charge in [0.05, 0.1) is 15.6 Å². The van der Waals surface area contributed by atoms with Gasteiger partial charge in [-0.15, -0.1) is 0 Å². The Balaban J connectivity index is 1.65. The van der Waals surface area contributed by atoms with E-state index in [4.69, 9.17) is 11.6 Å². The topological polar surface area (TPSA) is 62.5 Å². The highest BCUT2D eigenvalue weighted by atomic mass is 35.5. The van der Waals surface area contributed by atoms with Crippen LogP contribution in [-0.4, -0.2) is 41.0 Å². The highest BCUT2D eigenvalue weighted by molar-refractivity contribution is 6.30. The summed E-state index contributed by atoms with van der Waals surface area (Å²) < 4.78 is 0. The quantitative estimate of drug-likeness (QED) is 0.628. The average molecular weight is 347 g/mol. The van der Waals surface area contributed by atoms with Crippen molar-refractivity contribution in [2.45, 2.75) is 13.5 Å². The Morgan fingerprint density at radius 3 is 2.58 bits per heavy atom. The highest BCUT2D eigenvalue weighted by Gasteiger charge is 2.23. The number of benzene rings is 1. The Morgan fingerprint density at radius 2 is 1.96 bits per heavy atom. The van der Waals surface area contributed by atoms with Gasteiger partial charge in [-0.3, -0.25) is 20.0 Å². The molecule has 24 heavy (non-hydrogen) atoms. The lowest BCUT2D eigenvalue weighted by Crippen LogP contribution is -2.46. The molecule has 2 aromatic rings. The van der Waals surface area contributed by atoms with Crippen LogP contribution >= 0.6 is 11.6 Å². The molecular formula is C17H19ClN4O2. The number of nitrogens with zero attached hydrogens (tertiary/aromatic N) is 4. The van der Waals surface area contributed by atoms with Crippen LogP contribution < -0.4 is 4.90 Å². The number of nitro groups is 1. The molecule has 3 rings (SSSR count). The molecule has 7 heteroatoms. The predicted molar refractivity (Wildman–Crippen MR) is 94.6 cm³/mol. The van der Waals surface area contributed by atoms with Crippen LogP contribution in [0.25, 0.3) is 0 Å². The first kappa shape index (κ1) is 16.7. The molecule has 126 valence electrons. The van der Waals surface area contributed by atoms with Gasteiger partial charge in [-0.25, -0.2) is 0 Å². The summed E-state index contributed by atoms with van der Waals surface area (Å²) in [5.41, 5.74) is 2.77. The molecule has 0 unspecified atom stereocenters. The molecule has 1 aliphatic rings. The van der Waals surface area contributed by atoms with Crippen molar-refractivity contribution in [2.24, 2.45) is 0 Å². The molecule has 0 N–H and O–H groups in total. The van der Waals surface area contributed by atoms with E-state index in [1.54, 1.807) is 12.3 Å². The second-order valence-electron chi connectivity index (χ2n) is 5.98. The normalized spacial score (nSPS) is 15.5. The third-order valence-electron chi connectivity index (χ3n) is 4.21. The second kappa shape index (κ2) is 7.15. The summed E-state index contributed by atoms with van der Waals surface area (Å²) in [7, 11) is 0. The number of piperazine rings is 1. The number of halogens is 1. The number of pyridine rings is 1. The fourth-order valence-corrected chi connectivity index (χ4v) is 3.03. The van der Waals surface area contributed by atoms with E-state index in [0.29, 0.717) is 10.7 Å². The van der Waals surface area contributed by atoms with Crippen LogP contribution in [0.4, 0.5) is 11.4 Å². The van der Waals surface area contributed by atoms with Crippen molar-refractivity contribution in [2.75, 3.05) is 31.1 Å². The average Bonchev–Trinajstić information content (AvgIpc) is 2.58. The SMILES string of the molecule is Cc1ccc(N2CCN(Cc3ccc(Cl)cn3)CC2)c([N+](=O)[O-])c1. The van der Waals surface area contributed by atoms with Crippen molar-refractivity contribution in [1.82, 2.24) is 9.88 Å². The van der Waals surface area contributed by atoms with Crippen molar-refractivity contribution in [1.29, 1.82) is 0 Å². The Morgan fingerprint density at radius 1 is 1.21 bits per heavy atom. The van der Waals surface area contributed by atoms with E-state index in [9.17, 15) is 10.1 Å². The van der Waals surface area contributed by atoms with Crippen molar-refractivity contribution in [3.63, 3.8) is 0 Å². The summed E-state index contributed by atoms with van der Waals surface area (Å²) >= 11 is 5.86. The minimum absolute atomic E-state index is 0.183. The molecular weight excluding hydrogens is 328 g/mol. The Bertz CT molecular complexity index is 728. The van der Waals surface area contributed by atoms with Gasteiger partial charge >= 0.3 is 0 Å². The lowest BCUT2D eigenvalue weighted by Gasteiger charge is -2.35. The van der Waals surface area contributed by atoms with Crippen LogP contribution in [0.2, 0.25) is 5.02 Å². The number of rotatable bonds is 4. The fourth-order valence-electron chi connectivity index (χ4n) is 2.92. The smallest absolute Gasteiger partial charge is 0.292 e. The summed E-state index contributed by atoms with van der Waals surface area (Å²) in [6, 6.07) is 9.19. The van der Waals surface area contributed by atoms with Gasteiger partial charge in [0.25, 0.3) is 5.69 Å². The number of hydrogen-bond donors (Lipinski definition) is 0. The molecule has 2 heterocycles. The lowest BCUT2D eigenvalue weighted by molar-refractivity contribution is -0.384. The molecule has 1 fully saturated rings. The Labute approximate surface area is 145 Å². The number of anilines is 1. The zero-order valence-corrected chi connectivity index (χ0v) is 14.2. The monoisotopic (exact) mass is 346 g/mol. The molecule has 0 spiro atoms. The molecule has 0 atom stereocenters. The molecule has 0 saturated carbocycles. The first-order valence-corrected chi connectivity index (χ1v) is 8.23. The summed E-state index contributed by atoms with van der Waals surface area (Å²) in [4.78, 5) is 19.7. The van der Waals surface area contributed by atoms with Crippen LogP contribution in [0.3, 0.4) is 0 Å². The predicted octanol–water partition coefficient (Wildman–Crippen LogP) is 3.27. The van der Waals surface area contributed by atoms with Gasteiger partial charge in [-0.05, 0) is 30.7 Å².